The van der Waals surface area contributed by atoms with Gasteiger partial charge in [-0.2, -0.15) is 0 Å². The number of hydrogen-bond donors (Lipinski definition) is 2. The molecule has 1 atom stereocenters. The van der Waals surface area contributed by atoms with Crippen molar-refractivity contribution in [3.05, 3.63) is 59.7 Å². The first-order valence-corrected chi connectivity index (χ1v) is 9.54. The zero-order chi connectivity index (χ0) is 18.4. The Labute approximate surface area is 156 Å². The van der Waals surface area contributed by atoms with Crippen molar-refractivity contribution < 1.29 is 4.79 Å². The number of amides is 1. The highest BCUT2D eigenvalue weighted by Gasteiger charge is 2.13. The fourth-order valence-electron chi connectivity index (χ4n) is 3.32. The standard InChI is InChI=1S/C22H29N3O/c1-17-8-10-19(11-9-17)16-23-18(2)14-22(26)24-20-6-5-7-21(15-20)25-12-3-4-13-25/h5-11,15,18,23H,3-4,12-14,16H2,1-2H3,(H,24,26). The molecular weight excluding hydrogens is 322 g/mol. The maximum absolute atomic E-state index is 12.3. The van der Waals surface area contributed by atoms with Gasteiger partial charge in [0.1, 0.15) is 0 Å². The average molecular weight is 351 g/mol. The predicted octanol–water partition coefficient (Wildman–Crippen LogP) is 4.10. The number of rotatable bonds is 7. The number of hydrogen-bond acceptors (Lipinski definition) is 3. The Morgan fingerprint density at radius 3 is 2.58 bits per heavy atom. The summed E-state index contributed by atoms with van der Waals surface area (Å²) in [5.41, 5.74) is 4.58. The van der Waals surface area contributed by atoms with Crippen molar-refractivity contribution in [2.45, 2.75) is 45.7 Å². The molecular formula is C22H29N3O. The van der Waals surface area contributed by atoms with Crippen molar-refractivity contribution in [3.8, 4) is 0 Å². The van der Waals surface area contributed by atoms with Crippen molar-refractivity contribution in [3.63, 3.8) is 0 Å². The van der Waals surface area contributed by atoms with Gasteiger partial charge in [0, 0.05) is 43.5 Å². The lowest BCUT2D eigenvalue weighted by atomic mass is 10.1. The van der Waals surface area contributed by atoms with Gasteiger partial charge in [0.15, 0.2) is 0 Å². The van der Waals surface area contributed by atoms with Crippen LogP contribution in [0.25, 0.3) is 0 Å². The molecule has 1 amide bonds. The molecule has 3 rings (SSSR count). The van der Waals surface area contributed by atoms with Gasteiger partial charge in [0.05, 0.1) is 0 Å². The fourth-order valence-corrected chi connectivity index (χ4v) is 3.32. The van der Waals surface area contributed by atoms with E-state index in [1.165, 1.54) is 29.7 Å². The van der Waals surface area contributed by atoms with Gasteiger partial charge in [-0.25, -0.2) is 0 Å². The SMILES string of the molecule is Cc1ccc(CNC(C)CC(=O)Nc2cccc(N3CCCC3)c2)cc1. The summed E-state index contributed by atoms with van der Waals surface area (Å²) < 4.78 is 0. The first-order valence-electron chi connectivity index (χ1n) is 9.54. The highest BCUT2D eigenvalue weighted by molar-refractivity contribution is 5.91. The maximum Gasteiger partial charge on any atom is 0.225 e. The molecule has 0 aliphatic carbocycles. The first-order chi connectivity index (χ1) is 12.6. The van der Waals surface area contributed by atoms with E-state index in [1.54, 1.807) is 0 Å². The molecule has 4 nitrogen and oxygen atoms in total. The van der Waals surface area contributed by atoms with Crippen LogP contribution in [0.4, 0.5) is 11.4 Å². The molecule has 0 aromatic heterocycles. The van der Waals surface area contributed by atoms with Gasteiger partial charge in [-0.15, -0.1) is 0 Å². The monoisotopic (exact) mass is 351 g/mol. The second-order valence-electron chi connectivity index (χ2n) is 7.26. The van der Waals surface area contributed by atoms with E-state index in [2.05, 4.69) is 65.8 Å². The fraction of sp³-hybridized carbons (Fsp3) is 0.409. The smallest absolute Gasteiger partial charge is 0.225 e. The minimum Gasteiger partial charge on any atom is -0.371 e. The number of carbonyl (C=O) groups is 1. The third kappa shape index (κ3) is 5.33. The molecule has 4 heteroatoms. The van der Waals surface area contributed by atoms with Gasteiger partial charge in [0.25, 0.3) is 0 Å². The maximum atomic E-state index is 12.3. The number of benzene rings is 2. The molecule has 2 N–H and O–H groups in total. The van der Waals surface area contributed by atoms with Crippen molar-refractivity contribution in [2.24, 2.45) is 0 Å². The molecule has 2 aromatic rings. The van der Waals surface area contributed by atoms with Crippen molar-refractivity contribution >= 4 is 17.3 Å². The van der Waals surface area contributed by atoms with Crippen LogP contribution < -0.4 is 15.5 Å². The molecule has 1 saturated heterocycles. The van der Waals surface area contributed by atoms with Gasteiger partial charge in [0.2, 0.25) is 5.91 Å². The minimum absolute atomic E-state index is 0.0486. The molecule has 1 aliphatic heterocycles. The van der Waals surface area contributed by atoms with Crippen LogP contribution in [-0.2, 0) is 11.3 Å². The summed E-state index contributed by atoms with van der Waals surface area (Å²) in [5.74, 6) is 0.0486. The molecule has 0 saturated carbocycles. The quantitative estimate of drug-likeness (QED) is 0.789. The third-order valence-corrected chi connectivity index (χ3v) is 4.87. The molecule has 1 heterocycles. The lowest BCUT2D eigenvalue weighted by Crippen LogP contribution is -2.30. The first kappa shape index (κ1) is 18.5. The summed E-state index contributed by atoms with van der Waals surface area (Å²) in [6.07, 6.45) is 2.96. The van der Waals surface area contributed by atoms with Crippen LogP contribution in [0.15, 0.2) is 48.5 Å². The van der Waals surface area contributed by atoms with Crippen molar-refractivity contribution in [1.82, 2.24) is 5.32 Å². The summed E-state index contributed by atoms with van der Waals surface area (Å²) in [6, 6.07) is 16.8. The van der Waals surface area contributed by atoms with E-state index in [-0.39, 0.29) is 11.9 Å². The number of nitrogens with one attached hydrogen (secondary N) is 2. The Hall–Kier alpha value is -2.33. The van der Waals surface area contributed by atoms with Crippen LogP contribution in [0.2, 0.25) is 0 Å². The van der Waals surface area contributed by atoms with E-state index in [9.17, 15) is 4.79 Å². The van der Waals surface area contributed by atoms with Gasteiger partial charge in [-0.1, -0.05) is 35.9 Å². The van der Waals surface area contributed by atoms with Crippen LogP contribution in [0.1, 0.15) is 37.3 Å². The molecule has 2 aromatic carbocycles. The lowest BCUT2D eigenvalue weighted by Gasteiger charge is -2.19. The van der Waals surface area contributed by atoms with E-state index in [1.807, 2.05) is 12.1 Å². The molecule has 138 valence electrons. The number of carbonyl (C=O) groups excluding carboxylic acids is 1. The van der Waals surface area contributed by atoms with E-state index >= 15 is 0 Å². The number of anilines is 2. The lowest BCUT2D eigenvalue weighted by molar-refractivity contribution is -0.116. The Kier molecular flexibility index (Phi) is 6.29. The molecule has 0 radical (unpaired) electrons. The van der Waals surface area contributed by atoms with Crippen LogP contribution in [0.5, 0.6) is 0 Å². The Balaban J connectivity index is 1.47. The number of aryl methyl sites for hydroxylation is 1. The van der Waals surface area contributed by atoms with Gasteiger partial charge < -0.3 is 15.5 Å². The Morgan fingerprint density at radius 1 is 1.12 bits per heavy atom. The summed E-state index contributed by atoms with van der Waals surface area (Å²) in [5, 5.41) is 6.46. The van der Waals surface area contributed by atoms with Crippen LogP contribution in [0, 0.1) is 6.92 Å². The Bertz CT molecular complexity index is 720. The summed E-state index contributed by atoms with van der Waals surface area (Å²) in [4.78, 5) is 14.7. The second kappa shape index (κ2) is 8.86. The predicted molar refractivity (Wildman–Crippen MR) is 109 cm³/mol. The molecule has 1 fully saturated rings. The molecule has 0 bridgehead atoms. The topological polar surface area (TPSA) is 44.4 Å². The zero-order valence-corrected chi connectivity index (χ0v) is 15.8. The molecule has 26 heavy (non-hydrogen) atoms. The van der Waals surface area contributed by atoms with E-state index in [0.717, 1.165) is 25.3 Å². The zero-order valence-electron chi connectivity index (χ0n) is 15.8. The number of nitrogens with zero attached hydrogens (tertiary/aromatic N) is 1. The van der Waals surface area contributed by atoms with Crippen LogP contribution >= 0.6 is 0 Å². The highest BCUT2D eigenvalue weighted by atomic mass is 16.1. The largest absolute Gasteiger partial charge is 0.371 e. The van der Waals surface area contributed by atoms with Crippen LogP contribution in [0.3, 0.4) is 0 Å². The van der Waals surface area contributed by atoms with Gasteiger partial charge in [-0.05, 0) is 50.5 Å². The van der Waals surface area contributed by atoms with Gasteiger partial charge >= 0.3 is 0 Å². The van der Waals surface area contributed by atoms with E-state index in [4.69, 9.17) is 0 Å². The van der Waals surface area contributed by atoms with E-state index < -0.39 is 0 Å². The van der Waals surface area contributed by atoms with E-state index in [0.29, 0.717) is 6.42 Å². The second-order valence-corrected chi connectivity index (χ2v) is 7.26. The summed E-state index contributed by atoms with van der Waals surface area (Å²) in [7, 11) is 0. The molecule has 0 spiro atoms. The van der Waals surface area contributed by atoms with Crippen molar-refractivity contribution in [1.29, 1.82) is 0 Å². The molecule has 1 unspecified atom stereocenters. The minimum atomic E-state index is 0.0486. The Morgan fingerprint density at radius 2 is 1.85 bits per heavy atom. The summed E-state index contributed by atoms with van der Waals surface area (Å²) >= 11 is 0. The highest BCUT2D eigenvalue weighted by Crippen LogP contribution is 2.23. The normalized spacial score (nSPS) is 15.1. The molecule has 1 aliphatic rings. The summed E-state index contributed by atoms with van der Waals surface area (Å²) in [6.45, 7) is 7.13. The van der Waals surface area contributed by atoms with Crippen molar-refractivity contribution in [2.75, 3.05) is 23.3 Å². The average Bonchev–Trinajstić information content (AvgIpc) is 3.16. The van der Waals surface area contributed by atoms with Crippen LogP contribution in [-0.4, -0.2) is 25.0 Å². The van der Waals surface area contributed by atoms with Gasteiger partial charge in [-0.3, -0.25) is 4.79 Å². The third-order valence-electron chi connectivity index (χ3n) is 4.87.